The number of rotatable bonds is 5. The maximum Gasteiger partial charge on any atom is 0.324 e. The van der Waals surface area contributed by atoms with Crippen LogP contribution in [0.15, 0.2) is 51.6 Å². The lowest BCUT2D eigenvalue weighted by Gasteiger charge is -2.18. The Morgan fingerprint density at radius 1 is 1.14 bits per heavy atom. The van der Waals surface area contributed by atoms with Crippen molar-refractivity contribution in [2.45, 2.75) is 25.1 Å². The van der Waals surface area contributed by atoms with Crippen LogP contribution in [-0.2, 0) is 16.1 Å². The van der Waals surface area contributed by atoms with E-state index < -0.39 is 6.04 Å². The van der Waals surface area contributed by atoms with E-state index in [1.807, 2.05) is 30.3 Å². The number of nitrogens with one attached hydrogen (secondary N) is 2. The first-order valence-electron chi connectivity index (χ1n) is 9.33. The summed E-state index contributed by atoms with van der Waals surface area (Å²) in [5.74, 6) is 2.35. The number of carbonyl (C=O) groups is 1. The zero-order valence-corrected chi connectivity index (χ0v) is 15.4. The number of hydrogen-bond acceptors (Lipinski definition) is 9. The van der Waals surface area contributed by atoms with Gasteiger partial charge in [-0.3, -0.25) is 4.79 Å². The normalized spacial score (nSPS) is 20.6. The molecule has 0 spiro atoms. The molecule has 2 aromatic heterocycles. The van der Waals surface area contributed by atoms with Crippen molar-refractivity contribution < 1.29 is 27.9 Å². The number of aromatic nitrogens is 1. The van der Waals surface area contributed by atoms with Crippen LogP contribution in [0.2, 0.25) is 0 Å². The van der Waals surface area contributed by atoms with Crippen LogP contribution in [-0.4, -0.2) is 30.4 Å². The number of carbonyl (C=O) groups excluding carboxylic acids is 1. The zero-order chi connectivity index (χ0) is 19.6. The first-order chi connectivity index (χ1) is 14.3. The van der Waals surface area contributed by atoms with Gasteiger partial charge in [0, 0.05) is 11.6 Å². The fourth-order valence-corrected chi connectivity index (χ4v) is 3.34. The van der Waals surface area contributed by atoms with Gasteiger partial charge < -0.3 is 23.2 Å². The minimum atomic E-state index is -0.464. The number of hydrazine groups is 1. The van der Waals surface area contributed by atoms with Gasteiger partial charge in [0.2, 0.25) is 0 Å². The predicted octanol–water partition coefficient (Wildman–Crippen LogP) is 2.36. The van der Waals surface area contributed by atoms with Crippen LogP contribution in [0, 0.1) is 0 Å². The Morgan fingerprint density at radius 3 is 2.90 bits per heavy atom. The number of furan rings is 1. The largest absolute Gasteiger partial charge is 0.486 e. The van der Waals surface area contributed by atoms with E-state index in [1.54, 1.807) is 12.3 Å². The Morgan fingerprint density at radius 2 is 2.03 bits per heavy atom. The predicted molar refractivity (Wildman–Crippen MR) is 98.9 cm³/mol. The third kappa shape index (κ3) is 3.69. The van der Waals surface area contributed by atoms with Crippen LogP contribution in [0.3, 0.4) is 0 Å². The summed E-state index contributed by atoms with van der Waals surface area (Å²) in [4.78, 5) is 12.3. The highest BCUT2D eigenvalue weighted by Crippen LogP contribution is 2.34. The van der Waals surface area contributed by atoms with E-state index in [1.165, 1.54) is 0 Å². The lowest BCUT2D eigenvalue weighted by atomic mass is 10.1. The molecular weight excluding hydrogens is 378 g/mol. The quantitative estimate of drug-likeness (QED) is 0.627. The Balaban J connectivity index is 1.18. The van der Waals surface area contributed by atoms with Crippen LogP contribution >= 0.6 is 0 Å². The van der Waals surface area contributed by atoms with Crippen LogP contribution in [0.4, 0.5) is 0 Å². The Hall–Kier alpha value is -3.30. The second-order valence-electron chi connectivity index (χ2n) is 6.79. The van der Waals surface area contributed by atoms with Crippen LogP contribution in [0.1, 0.15) is 23.9 Å². The van der Waals surface area contributed by atoms with Gasteiger partial charge in [-0.25, -0.2) is 10.9 Å². The van der Waals surface area contributed by atoms with E-state index in [0.717, 1.165) is 11.3 Å². The third-order valence-corrected chi connectivity index (χ3v) is 4.82. The smallest absolute Gasteiger partial charge is 0.324 e. The lowest BCUT2D eigenvalue weighted by molar-refractivity contribution is -0.147. The summed E-state index contributed by atoms with van der Waals surface area (Å²) in [6.45, 7) is 1.08. The van der Waals surface area contributed by atoms with E-state index in [2.05, 4.69) is 16.0 Å². The van der Waals surface area contributed by atoms with Gasteiger partial charge in [-0.05, 0) is 36.8 Å². The SMILES string of the molecule is O=C(OCc1cc(-c2ccc3c(c2)OCCO3)on1)C1CC(c2ccco2)NN1. The number of nitrogens with zero attached hydrogens (tertiary/aromatic N) is 1. The zero-order valence-electron chi connectivity index (χ0n) is 15.4. The molecule has 1 saturated heterocycles. The summed E-state index contributed by atoms with van der Waals surface area (Å²) < 4.78 is 27.2. The van der Waals surface area contributed by atoms with E-state index in [9.17, 15) is 4.79 Å². The molecule has 1 fully saturated rings. The Labute approximate surface area is 165 Å². The highest BCUT2D eigenvalue weighted by Gasteiger charge is 2.32. The monoisotopic (exact) mass is 397 g/mol. The molecule has 2 aliphatic rings. The Kier molecular flexibility index (Phi) is 4.66. The molecule has 0 radical (unpaired) electrons. The van der Waals surface area contributed by atoms with Crippen LogP contribution < -0.4 is 20.3 Å². The molecule has 0 amide bonds. The molecular formula is C20H19N3O6. The summed E-state index contributed by atoms with van der Waals surface area (Å²) in [6.07, 6.45) is 2.14. The van der Waals surface area contributed by atoms with Crippen LogP contribution in [0.25, 0.3) is 11.3 Å². The van der Waals surface area contributed by atoms with Gasteiger partial charge in [-0.2, -0.15) is 0 Å². The van der Waals surface area contributed by atoms with Crippen molar-refractivity contribution in [2.24, 2.45) is 0 Å². The fourth-order valence-electron chi connectivity index (χ4n) is 3.34. The minimum Gasteiger partial charge on any atom is -0.486 e. The van der Waals surface area contributed by atoms with Crippen molar-refractivity contribution in [3.05, 3.63) is 54.1 Å². The Bertz CT molecular complexity index is 1000. The van der Waals surface area contributed by atoms with Crippen molar-refractivity contribution in [3.8, 4) is 22.8 Å². The topological polar surface area (TPSA) is 108 Å². The summed E-state index contributed by atoms with van der Waals surface area (Å²) >= 11 is 0. The first-order valence-corrected chi connectivity index (χ1v) is 9.33. The van der Waals surface area contributed by atoms with Crippen molar-refractivity contribution >= 4 is 5.97 Å². The molecule has 4 heterocycles. The standard InChI is InChI=1S/C20H19N3O6/c24-20(15-10-14(21-22-15)16-2-1-5-25-16)28-11-13-9-18(29-23-13)12-3-4-17-19(8-12)27-7-6-26-17/h1-5,8-9,14-15,21-22H,6-7,10-11H2. The number of fused-ring (bicyclic) bond motifs is 1. The number of ether oxygens (including phenoxy) is 3. The molecule has 2 N–H and O–H groups in total. The molecule has 9 heteroatoms. The maximum absolute atomic E-state index is 12.3. The van der Waals surface area contributed by atoms with Gasteiger partial charge in [0.1, 0.15) is 37.3 Å². The van der Waals surface area contributed by atoms with Crippen molar-refractivity contribution in [1.29, 1.82) is 0 Å². The molecule has 29 heavy (non-hydrogen) atoms. The first kappa shape index (κ1) is 17.8. The number of benzene rings is 1. The highest BCUT2D eigenvalue weighted by molar-refractivity contribution is 5.76. The molecule has 2 aliphatic heterocycles. The molecule has 3 aromatic rings. The van der Waals surface area contributed by atoms with Gasteiger partial charge in [0.15, 0.2) is 17.3 Å². The van der Waals surface area contributed by atoms with Gasteiger partial charge in [-0.1, -0.05) is 5.16 Å². The van der Waals surface area contributed by atoms with Gasteiger partial charge in [0.05, 0.1) is 12.3 Å². The second kappa shape index (κ2) is 7.61. The molecule has 2 atom stereocenters. The van der Waals surface area contributed by atoms with Crippen molar-refractivity contribution in [2.75, 3.05) is 13.2 Å². The molecule has 0 bridgehead atoms. The number of hydrogen-bond donors (Lipinski definition) is 2. The fraction of sp³-hybridized carbons (Fsp3) is 0.300. The van der Waals surface area contributed by atoms with Crippen molar-refractivity contribution in [3.63, 3.8) is 0 Å². The summed E-state index contributed by atoms with van der Waals surface area (Å²) in [6, 6.07) is 10.4. The van der Waals surface area contributed by atoms with E-state index in [-0.39, 0.29) is 18.6 Å². The maximum atomic E-state index is 12.3. The summed E-state index contributed by atoms with van der Waals surface area (Å²) in [5, 5.41) is 3.98. The second-order valence-corrected chi connectivity index (χ2v) is 6.79. The van der Waals surface area contributed by atoms with Crippen molar-refractivity contribution in [1.82, 2.24) is 16.0 Å². The summed E-state index contributed by atoms with van der Waals surface area (Å²) in [5.41, 5.74) is 7.31. The molecule has 9 nitrogen and oxygen atoms in total. The van der Waals surface area contributed by atoms with E-state index >= 15 is 0 Å². The molecule has 0 aliphatic carbocycles. The molecule has 5 rings (SSSR count). The molecule has 0 saturated carbocycles. The lowest BCUT2D eigenvalue weighted by Crippen LogP contribution is -2.37. The van der Waals surface area contributed by atoms with E-state index in [0.29, 0.717) is 42.6 Å². The number of esters is 1. The molecule has 150 valence electrons. The minimum absolute atomic E-state index is 0.0243. The van der Waals surface area contributed by atoms with Gasteiger partial charge in [0.25, 0.3) is 0 Å². The average molecular weight is 397 g/mol. The third-order valence-electron chi connectivity index (χ3n) is 4.82. The average Bonchev–Trinajstić information content (AvgIpc) is 3.52. The molecule has 2 unspecified atom stereocenters. The highest BCUT2D eigenvalue weighted by atomic mass is 16.6. The summed E-state index contributed by atoms with van der Waals surface area (Å²) in [7, 11) is 0. The van der Waals surface area contributed by atoms with E-state index in [4.69, 9.17) is 23.2 Å². The molecule has 1 aromatic carbocycles. The van der Waals surface area contributed by atoms with Gasteiger partial charge >= 0.3 is 5.97 Å². The van der Waals surface area contributed by atoms with Crippen LogP contribution in [0.5, 0.6) is 11.5 Å². The van der Waals surface area contributed by atoms with Gasteiger partial charge in [-0.15, -0.1) is 0 Å².